The topological polar surface area (TPSA) is 61.8 Å². The Balaban J connectivity index is 2.23. The summed E-state index contributed by atoms with van der Waals surface area (Å²) in [6, 6.07) is 0. The van der Waals surface area contributed by atoms with E-state index in [2.05, 4.69) is 4.74 Å². The first-order valence-corrected chi connectivity index (χ1v) is 3.95. The third-order valence-corrected chi connectivity index (χ3v) is 1.89. The highest BCUT2D eigenvalue weighted by Crippen LogP contribution is 2.22. The van der Waals surface area contributed by atoms with Gasteiger partial charge < -0.3 is 14.2 Å². The van der Waals surface area contributed by atoms with E-state index in [0.717, 1.165) is 0 Å². The maximum Gasteiger partial charge on any atom is 0.313 e. The van der Waals surface area contributed by atoms with E-state index in [1.807, 2.05) is 0 Å². The second kappa shape index (κ2) is 4.34. The van der Waals surface area contributed by atoms with Crippen LogP contribution in [0.4, 0.5) is 0 Å². The summed E-state index contributed by atoms with van der Waals surface area (Å²) in [7, 11) is 2.75. The second-order valence-corrected chi connectivity index (χ2v) is 2.74. The number of Topliss-reactive ketones (excluding diaryl/α,β-unsaturated/α-hetero) is 1. The summed E-state index contributed by atoms with van der Waals surface area (Å²) in [4.78, 5) is 21.9. The normalized spacial score (nSPS) is 26.3. The smallest absolute Gasteiger partial charge is 0.313 e. The second-order valence-electron chi connectivity index (χ2n) is 2.74. The molecule has 0 N–H and O–H groups in total. The molecule has 0 aliphatic carbocycles. The van der Waals surface area contributed by atoms with Crippen LogP contribution in [-0.4, -0.2) is 38.4 Å². The molecule has 13 heavy (non-hydrogen) atoms. The molecule has 1 aliphatic heterocycles. The SMILES string of the molecule is COC(=O)CC(=O)C1CC(OC)O1. The molecule has 5 nitrogen and oxygen atoms in total. The van der Waals surface area contributed by atoms with Gasteiger partial charge in [0.15, 0.2) is 12.1 Å². The predicted octanol–water partition coefficient (Wildman–Crippen LogP) is -0.120. The van der Waals surface area contributed by atoms with E-state index >= 15 is 0 Å². The monoisotopic (exact) mass is 188 g/mol. The van der Waals surface area contributed by atoms with E-state index in [1.165, 1.54) is 14.2 Å². The lowest BCUT2D eigenvalue weighted by atomic mass is 10.0. The Morgan fingerprint density at radius 3 is 2.54 bits per heavy atom. The zero-order chi connectivity index (χ0) is 9.84. The average Bonchev–Trinajstić information content (AvgIpc) is 2.02. The fourth-order valence-corrected chi connectivity index (χ4v) is 1.03. The third-order valence-electron chi connectivity index (χ3n) is 1.89. The molecule has 0 saturated carbocycles. The molecule has 0 aromatic rings. The summed E-state index contributed by atoms with van der Waals surface area (Å²) in [5, 5.41) is 0. The Morgan fingerprint density at radius 2 is 2.08 bits per heavy atom. The average molecular weight is 188 g/mol. The van der Waals surface area contributed by atoms with Crippen molar-refractivity contribution in [2.45, 2.75) is 25.2 Å². The highest BCUT2D eigenvalue weighted by atomic mass is 16.7. The van der Waals surface area contributed by atoms with Crippen LogP contribution in [-0.2, 0) is 23.8 Å². The van der Waals surface area contributed by atoms with Gasteiger partial charge in [-0.05, 0) is 0 Å². The highest BCUT2D eigenvalue weighted by molar-refractivity contribution is 5.98. The zero-order valence-corrected chi connectivity index (χ0v) is 7.61. The molecule has 0 spiro atoms. The summed E-state index contributed by atoms with van der Waals surface area (Å²) in [6.07, 6.45) is -0.500. The Kier molecular flexibility index (Phi) is 3.39. The van der Waals surface area contributed by atoms with E-state index in [-0.39, 0.29) is 18.5 Å². The zero-order valence-electron chi connectivity index (χ0n) is 7.61. The van der Waals surface area contributed by atoms with Gasteiger partial charge >= 0.3 is 5.97 Å². The number of esters is 1. The Bertz CT molecular complexity index is 207. The minimum absolute atomic E-state index is 0.225. The van der Waals surface area contributed by atoms with E-state index < -0.39 is 12.1 Å². The molecule has 2 atom stereocenters. The molecule has 2 unspecified atom stereocenters. The highest BCUT2D eigenvalue weighted by Gasteiger charge is 2.36. The number of carbonyl (C=O) groups excluding carboxylic acids is 2. The Hall–Kier alpha value is -0.940. The van der Waals surface area contributed by atoms with Gasteiger partial charge in [-0.1, -0.05) is 0 Å². The summed E-state index contributed by atoms with van der Waals surface area (Å²) in [6.45, 7) is 0. The van der Waals surface area contributed by atoms with Crippen LogP contribution in [0.25, 0.3) is 0 Å². The molecule has 1 fully saturated rings. The predicted molar refractivity (Wildman–Crippen MR) is 41.9 cm³/mol. The van der Waals surface area contributed by atoms with Crippen molar-refractivity contribution < 1.29 is 23.8 Å². The van der Waals surface area contributed by atoms with Crippen LogP contribution >= 0.6 is 0 Å². The largest absolute Gasteiger partial charge is 0.469 e. The number of rotatable bonds is 4. The van der Waals surface area contributed by atoms with Crippen molar-refractivity contribution in [1.29, 1.82) is 0 Å². The molecule has 0 aromatic heterocycles. The van der Waals surface area contributed by atoms with Crippen molar-refractivity contribution in [3.63, 3.8) is 0 Å². The van der Waals surface area contributed by atoms with Gasteiger partial charge in [-0.25, -0.2) is 0 Å². The first-order valence-electron chi connectivity index (χ1n) is 3.95. The van der Waals surface area contributed by atoms with Crippen molar-refractivity contribution in [2.24, 2.45) is 0 Å². The van der Waals surface area contributed by atoms with Gasteiger partial charge in [-0.2, -0.15) is 0 Å². The van der Waals surface area contributed by atoms with Crippen LogP contribution in [0.5, 0.6) is 0 Å². The molecule has 0 amide bonds. The molecule has 1 rings (SSSR count). The lowest BCUT2D eigenvalue weighted by Gasteiger charge is -2.33. The minimum Gasteiger partial charge on any atom is -0.469 e. The van der Waals surface area contributed by atoms with Crippen LogP contribution < -0.4 is 0 Å². The van der Waals surface area contributed by atoms with Gasteiger partial charge in [0.05, 0.1) is 7.11 Å². The number of carbonyl (C=O) groups is 2. The lowest BCUT2D eigenvalue weighted by molar-refractivity contribution is -0.239. The molecule has 74 valence electrons. The summed E-state index contributed by atoms with van der Waals surface area (Å²) in [5.41, 5.74) is 0. The van der Waals surface area contributed by atoms with Crippen molar-refractivity contribution in [1.82, 2.24) is 0 Å². The van der Waals surface area contributed by atoms with Gasteiger partial charge in [-0.3, -0.25) is 9.59 Å². The molecular weight excluding hydrogens is 176 g/mol. The van der Waals surface area contributed by atoms with Gasteiger partial charge in [0, 0.05) is 13.5 Å². The van der Waals surface area contributed by atoms with E-state index in [1.54, 1.807) is 0 Å². The Morgan fingerprint density at radius 1 is 1.46 bits per heavy atom. The number of methoxy groups -OCH3 is 2. The van der Waals surface area contributed by atoms with E-state index in [9.17, 15) is 9.59 Å². The van der Waals surface area contributed by atoms with Crippen molar-refractivity contribution in [2.75, 3.05) is 14.2 Å². The van der Waals surface area contributed by atoms with Crippen LogP contribution in [0.2, 0.25) is 0 Å². The molecule has 1 saturated heterocycles. The molecular formula is C8H12O5. The third kappa shape index (κ3) is 2.50. The van der Waals surface area contributed by atoms with Crippen LogP contribution in [0.1, 0.15) is 12.8 Å². The van der Waals surface area contributed by atoms with Crippen LogP contribution in [0, 0.1) is 0 Å². The maximum absolute atomic E-state index is 11.2. The molecule has 0 radical (unpaired) electrons. The summed E-state index contributed by atoms with van der Waals surface area (Å²) in [5.74, 6) is -0.783. The van der Waals surface area contributed by atoms with Crippen molar-refractivity contribution >= 4 is 11.8 Å². The Labute approximate surface area is 76.0 Å². The molecule has 5 heteroatoms. The molecule has 0 bridgehead atoms. The van der Waals surface area contributed by atoms with Crippen LogP contribution in [0.3, 0.4) is 0 Å². The number of hydrogen-bond acceptors (Lipinski definition) is 5. The quantitative estimate of drug-likeness (QED) is 0.454. The van der Waals surface area contributed by atoms with Crippen LogP contribution in [0.15, 0.2) is 0 Å². The summed E-state index contributed by atoms with van der Waals surface area (Å²) < 4.78 is 14.2. The molecule has 0 aromatic carbocycles. The van der Waals surface area contributed by atoms with Gasteiger partial charge in [0.25, 0.3) is 0 Å². The first-order chi connectivity index (χ1) is 6.17. The summed E-state index contributed by atoms with van der Waals surface area (Å²) >= 11 is 0. The molecule has 1 aliphatic rings. The fourth-order valence-electron chi connectivity index (χ4n) is 1.03. The van der Waals surface area contributed by atoms with Gasteiger partial charge in [0.1, 0.15) is 12.5 Å². The maximum atomic E-state index is 11.2. The van der Waals surface area contributed by atoms with Crippen molar-refractivity contribution in [3.8, 4) is 0 Å². The van der Waals surface area contributed by atoms with E-state index in [4.69, 9.17) is 9.47 Å². The number of hydrogen-bond donors (Lipinski definition) is 0. The number of ketones is 1. The minimum atomic E-state index is -0.533. The van der Waals surface area contributed by atoms with Gasteiger partial charge in [0.2, 0.25) is 0 Å². The first kappa shape index (κ1) is 10.1. The van der Waals surface area contributed by atoms with E-state index in [0.29, 0.717) is 6.42 Å². The van der Waals surface area contributed by atoms with Crippen molar-refractivity contribution in [3.05, 3.63) is 0 Å². The lowest BCUT2D eigenvalue weighted by Crippen LogP contribution is -2.44. The fraction of sp³-hybridized carbons (Fsp3) is 0.750. The molecule has 1 heterocycles. The standard InChI is InChI=1S/C8H12O5/c1-11-7(10)3-5(9)6-4-8(12-2)13-6/h6,8H,3-4H2,1-2H3. The number of ether oxygens (including phenoxy) is 3. The van der Waals surface area contributed by atoms with Gasteiger partial charge in [-0.15, -0.1) is 0 Å².